The number of amides is 2. The normalized spacial score (nSPS) is 12.0. The lowest BCUT2D eigenvalue weighted by Crippen LogP contribution is -2.32. The second kappa shape index (κ2) is 13.7. The summed E-state index contributed by atoms with van der Waals surface area (Å²) in [4.78, 5) is 47.0. The summed E-state index contributed by atoms with van der Waals surface area (Å²) < 4.78 is 21.7. The van der Waals surface area contributed by atoms with Crippen LogP contribution in [0.4, 0.5) is 11.4 Å². The van der Waals surface area contributed by atoms with E-state index in [0.717, 1.165) is 18.2 Å². The fraction of sp³-hybridized carbons (Fsp3) is 0.0645. The van der Waals surface area contributed by atoms with Gasteiger partial charge < -0.3 is 24.3 Å². The van der Waals surface area contributed by atoms with Gasteiger partial charge in [0.25, 0.3) is 17.5 Å². The van der Waals surface area contributed by atoms with Crippen molar-refractivity contribution < 1.29 is 38.4 Å². The van der Waals surface area contributed by atoms with Crippen LogP contribution in [0.2, 0.25) is 0 Å². The molecule has 2 amide bonds. The number of fused-ring (bicyclic) bond motifs is 1. The summed E-state index contributed by atoms with van der Waals surface area (Å²) in [6.45, 7) is 0.0736. The number of hydrogen-bond acceptors (Lipinski definition) is 11. The van der Waals surface area contributed by atoms with Crippen LogP contribution in [0, 0.1) is 20.2 Å². The van der Waals surface area contributed by atoms with Gasteiger partial charge in [0.15, 0.2) is 23.0 Å². The predicted octanol–water partition coefficient (Wildman–Crippen LogP) is 4.95. The Bertz CT molecular complexity index is 1890. The Morgan fingerprint density at radius 3 is 2.33 bits per heavy atom. The number of nitrogens with zero attached hydrogens (tertiary/aromatic N) is 3. The summed E-state index contributed by atoms with van der Waals surface area (Å²) in [5.74, 6) is -0.193. The van der Waals surface area contributed by atoms with E-state index in [4.69, 9.17) is 18.9 Å². The molecule has 1 aliphatic rings. The molecule has 15 heteroatoms. The number of non-ortho nitro benzene ring substituents is 1. The van der Waals surface area contributed by atoms with E-state index >= 15 is 0 Å². The van der Waals surface area contributed by atoms with E-state index in [9.17, 15) is 29.8 Å². The molecule has 0 spiro atoms. The second-order valence-electron chi connectivity index (χ2n) is 9.37. The number of carbonyl (C=O) groups excluding carboxylic acids is 2. The minimum atomic E-state index is -0.796. The smallest absolute Gasteiger partial charge is 0.318 e. The maximum Gasteiger partial charge on any atom is 0.318 e. The topological polar surface area (TPSA) is 194 Å². The minimum Gasteiger partial charge on any atom is -0.493 e. The molecule has 0 aromatic heterocycles. The highest BCUT2D eigenvalue weighted by Gasteiger charge is 2.22. The third kappa shape index (κ3) is 7.23. The number of methoxy groups -OCH3 is 1. The zero-order valence-electron chi connectivity index (χ0n) is 23.9. The highest BCUT2D eigenvalue weighted by molar-refractivity contribution is 6.05. The van der Waals surface area contributed by atoms with E-state index < -0.39 is 33.0 Å². The number of nitrogens with one attached hydrogen (secondary N) is 2. The minimum absolute atomic E-state index is 0.0736. The average Bonchev–Trinajstić information content (AvgIpc) is 3.53. The van der Waals surface area contributed by atoms with Gasteiger partial charge in [0.1, 0.15) is 5.70 Å². The van der Waals surface area contributed by atoms with Crippen molar-refractivity contribution in [2.75, 3.05) is 13.9 Å². The molecular weight excluding hydrogens is 602 g/mol. The Kier molecular flexibility index (Phi) is 9.13. The summed E-state index contributed by atoms with van der Waals surface area (Å²) in [5, 5.41) is 29.1. The molecule has 1 heterocycles. The first-order chi connectivity index (χ1) is 22.2. The lowest BCUT2D eigenvalue weighted by atomic mass is 10.1. The maximum absolute atomic E-state index is 13.2. The average molecular weight is 626 g/mol. The molecule has 1 aliphatic heterocycles. The maximum atomic E-state index is 13.2. The van der Waals surface area contributed by atoms with Crippen LogP contribution < -0.4 is 29.7 Å². The van der Waals surface area contributed by atoms with Gasteiger partial charge in [0.2, 0.25) is 12.5 Å². The quantitative estimate of drug-likeness (QED) is 0.0996. The van der Waals surface area contributed by atoms with Crippen molar-refractivity contribution in [1.29, 1.82) is 0 Å². The molecule has 0 unspecified atom stereocenters. The third-order valence-corrected chi connectivity index (χ3v) is 6.37. The van der Waals surface area contributed by atoms with Gasteiger partial charge in [-0.1, -0.05) is 24.3 Å². The van der Waals surface area contributed by atoms with Crippen molar-refractivity contribution >= 4 is 35.5 Å². The Balaban J connectivity index is 1.33. The van der Waals surface area contributed by atoms with Crippen molar-refractivity contribution in [2.24, 2.45) is 5.10 Å². The van der Waals surface area contributed by atoms with E-state index in [0.29, 0.717) is 28.2 Å². The SMILES string of the molecule is COc1cc(/C=N/NC(=O)/C(=C\c2ccc3c(c2)OCO3)NC(=O)c2ccccc2)ccc1Oc1ccc([N+](=O)[O-])cc1[N+](=O)[O-]. The summed E-state index contributed by atoms with van der Waals surface area (Å²) in [7, 11) is 1.35. The van der Waals surface area contributed by atoms with Gasteiger partial charge in [-0.2, -0.15) is 5.10 Å². The largest absolute Gasteiger partial charge is 0.493 e. The van der Waals surface area contributed by atoms with Gasteiger partial charge in [-0.15, -0.1) is 0 Å². The van der Waals surface area contributed by atoms with Gasteiger partial charge in [-0.3, -0.25) is 29.8 Å². The molecule has 0 aliphatic carbocycles. The van der Waals surface area contributed by atoms with Crippen molar-refractivity contribution in [3.8, 4) is 28.7 Å². The number of benzene rings is 4. The van der Waals surface area contributed by atoms with E-state index in [1.807, 2.05) is 0 Å². The molecule has 4 aromatic rings. The second-order valence-corrected chi connectivity index (χ2v) is 9.37. The van der Waals surface area contributed by atoms with Crippen LogP contribution in [0.3, 0.4) is 0 Å². The molecule has 0 fully saturated rings. The molecule has 46 heavy (non-hydrogen) atoms. The number of hydrazone groups is 1. The van der Waals surface area contributed by atoms with Gasteiger partial charge in [0, 0.05) is 11.6 Å². The van der Waals surface area contributed by atoms with Crippen LogP contribution in [0.5, 0.6) is 28.7 Å². The monoisotopic (exact) mass is 625 g/mol. The Morgan fingerprint density at radius 2 is 1.59 bits per heavy atom. The fourth-order valence-electron chi connectivity index (χ4n) is 4.15. The number of hydrogen-bond donors (Lipinski definition) is 2. The lowest BCUT2D eigenvalue weighted by Gasteiger charge is -2.11. The zero-order valence-corrected chi connectivity index (χ0v) is 23.9. The van der Waals surface area contributed by atoms with Crippen molar-refractivity contribution in [3.63, 3.8) is 0 Å². The first-order valence-electron chi connectivity index (χ1n) is 13.3. The van der Waals surface area contributed by atoms with Gasteiger partial charge >= 0.3 is 5.69 Å². The van der Waals surface area contributed by atoms with Crippen LogP contribution in [0.1, 0.15) is 21.5 Å². The molecule has 0 bridgehead atoms. The Morgan fingerprint density at radius 1 is 0.848 bits per heavy atom. The van der Waals surface area contributed by atoms with Gasteiger partial charge in [-0.05, 0) is 65.7 Å². The van der Waals surface area contributed by atoms with E-state index in [1.54, 1.807) is 48.5 Å². The van der Waals surface area contributed by atoms with Crippen molar-refractivity contribution in [2.45, 2.75) is 0 Å². The van der Waals surface area contributed by atoms with E-state index in [-0.39, 0.29) is 29.7 Å². The standard InChI is InChI=1S/C31H23N5O10/c1-43-28-15-20(8-11-27(28)46-25-12-9-22(35(39)40)16-24(25)36(41)42)17-32-34-31(38)23(33-30(37)21-5-3-2-4-6-21)13-19-7-10-26-29(14-19)45-18-44-26/h2-17H,18H2,1H3,(H,33,37)(H,34,38)/b23-13+,32-17+. The van der Waals surface area contributed by atoms with E-state index in [2.05, 4.69) is 15.8 Å². The summed E-state index contributed by atoms with van der Waals surface area (Å²) in [6.07, 6.45) is 2.76. The third-order valence-electron chi connectivity index (χ3n) is 6.37. The predicted molar refractivity (Wildman–Crippen MR) is 163 cm³/mol. The molecule has 0 atom stereocenters. The number of nitro benzene ring substituents is 2. The van der Waals surface area contributed by atoms with Crippen LogP contribution in [-0.2, 0) is 4.79 Å². The first kappa shape index (κ1) is 30.7. The number of carbonyl (C=O) groups is 2. The molecule has 4 aromatic carbocycles. The molecule has 0 radical (unpaired) electrons. The van der Waals surface area contributed by atoms with Crippen LogP contribution in [0.15, 0.2) is 95.7 Å². The number of ether oxygens (including phenoxy) is 4. The summed E-state index contributed by atoms with van der Waals surface area (Å²) in [5.41, 5.74) is 2.54. The molecule has 0 saturated carbocycles. The molecule has 2 N–H and O–H groups in total. The number of nitro groups is 2. The highest BCUT2D eigenvalue weighted by atomic mass is 16.7. The van der Waals surface area contributed by atoms with Crippen LogP contribution in [-0.4, -0.2) is 41.8 Å². The first-order valence-corrected chi connectivity index (χ1v) is 13.3. The molecule has 15 nitrogen and oxygen atoms in total. The van der Waals surface area contributed by atoms with Crippen LogP contribution in [0.25, 0.3) is 6.08 Å². The van der Waals surface area contributed by atoms with Gasteiger partial charge in [-0.25, -0.2) is 5.43 Å². The highest BCUT2D eigenvalue weighted by Crippen LogP contribution is 2.38. The zero-order chi connectivity index (χ0) is 32.6. The summed E-state index contributed by atoms with van der Waals surface area (Å²) >= 11 is 0. The molecule has 0 saturated heterocycles. The lowest BCUT2D eigenvalue weighted by molar-refractivity contribution is -0.394. The number of rotatable bonds is 11. The molecular formula is C31H23N5O10. The van der Waals surface area contributed by atoms with Crippen molar-refractivity contribution in [3.05, 3.63) is 128 Å². The van der Waals surface area contributed by atoms with Crippen LogP contribution >= 0.6 is 0 Å². The molecule has 232 valence electrons. The molecule has 5 rings (SSSR count). The Labute approximate surface area is 260 Å². The summed E-state index contributed by atoms with van der Waals surface area (Å²) in [6, 6.07) is 20.8. The van der Waals surface area contributed by atoms with E-state index in [1.165, 1.54) is 37.6 Å². The fourth-order valence-corrected chi connectivity index (χ4v) is 4.15. The van der Waals surface area contributed by atoms with Gasteiger partial charge in [0.05, 0.1) is 29.2 Å². The van der Waals surface area contributed by atoms with Crippen molar-refractivity contribution in [1.82, 2.24) is 10.7 Å². The Hall–Kier alpha value is -6.77.